The number of anilines is 2. The predicted molar refractivity (Wildman–Crippen MR) is 112 cm³/mol. The number of hydrogen-bond acceptors (Lipinski definition) is 1. The number of hydrogen-bond donors (Lipinski definition) is 3. The van der Waals surface area contributed by atoms with E-state index in [9.17, 15) is 4.79 Å². The van der Waals surface area contributed by atoms with Crippen LogP contribution in [0, 0.1) is 13.8 Å². The summed E-state index contributed by atoms with van der Waals surface area (Å²) in [5.41, 5.74) is 7.04. The summed E-state index contributed by atoms with van der Waals surface area (Å²) in [7, 11) is 0. The lowest BCUT2D eigenvalue weighted by atomic mass is 10.1. The van der Waals surface area contributed by atoms with Gasteiger partial charge in [-0.05, 0) is 60.9 Å². The fraction of sp³-hybridized carbons (Fsp3) is 0.0870. The number of para-hydroxylation sites is 1. The SMILES string of the molecule is Cc1cccc(NC(=O)Nc2ccc(-c3cc4ccccc4[nH]3)cc2)c1C. The second-order valence-electron chi connectivity index (χ2n) is 6.67. The van der Waals surface area contributed by atoms with Crippen LogP contribution in [0.4, 0.5) is 16.2 Å². The van der Waals surface area contributed by atoms with Crippen molar-refractivity contribution in [1.29, 1.82) is 0 Å². The fourth-order valence-electron chi connectivity index (χ4n) is 3.13. The lowest BCUT2D eigenvalue weighted by Gasteiger charge is -2.11. The van der Waals surface area contributed by atoms with Gasteiger partial charge in [-0.15, -0.1) is 0 Å². The van der Waals surface area contributed by atoms with Crippen molar-refractivity contribution in [3.8, 4) is 11.3 Å². The molecule has 4 aromatic rings. The molecule has 0 unspecified atom stereocenters. The average Bonchev–Trinajstić information content (AvgIpc) is 3.10. The molecule has 4 heteroatoms. The first kappa shape index (κ1) is 16.9. The first-order valence-electron chi connectivity index (χ1n) is 8.92. The van der Waals surface area contributed by atoms with Gasteiger partial charge in [0, 0.05) is 28.0 Å². The van der Waals surface area contributed by atoms with Crippen molar-refractivity contribution < 1.29 is 4.79 Å². The molecule has 3 aromatic carbocycles. The first-order chi connectivity index (χ1) is 13.1. The Balaban J connectivity index is 1.47. The van der Waals surface area contributed by atoms with Crippen molar-refractivity contribution in [3.05, 3.63) is 83.9 Å². The number of urea groups is 1. The molecule has 0 bridgehead atoms. The van der Waals surface area contributed by atoms with Crippen LogP contribution < -0.4 is 10.6 Å². The topological polar surface area (TPSA) is 56.9 Å². The molecule has 0 saturated heterocycles. The number of aromatic amines is 1. The molecule has 0 aliphatic rings. The Labute approximate surface area is 158 Å². The zero-order valence-corrected chi connectivity index (χ0v) is 15.3. The van der Waals surface area contributed by atoms with Gasteiger partial charge in [-0.1, -0.05) is 42.5 Å². The molecule has 0 atom stereocenters. The number of amides is 2. The molecule has 1 aromatic heterocycles. The van der Waals surface area contributed by atoms with E-state index < -0.39 is 0 Å². The van der Waals surface area contributed by atoms with Crippen molar-refractivity contribution in [2.24, 2.45) is 0 Å². The highest BCUT2D eigenvalue weighted by Gasteiger charge is 2.07. The maximum absolute atomic E-state index is 12.3. The molecule has 0 fully saturated rings. The van der Waals surface area contributed by atoms with E-state index in [0.717, 1.165) is 39.3 Å². The van der Waals surface area contributed by atoms with Gasteiger partial charge in [0.15, 0.2) is 0 Å². The van der Waals surface area contributed by atoms with E-state index in [2.05, 4.69) is 33.8 Å². The van der Waals surface area contributed by atoms with Gasteiger partial charge in [0.1, 0.15) is 0 Å². The van der Waals surface area contributed by atoms with E-state index in [1.54, 1.807) is 0 Å². The third-order valence-electron chi connectivity index (χ3n) is 4.84. The summed E-state index contributed by atoms with van der Waals surface area (Å²) in [5, 5.41) is 6.97. The Morgan fingerprint density at radius 3 is 2.41 bits per heavy atom. The summed E-state index contributed by atoms with van der Waals surface area (Å²) in [6.07, 6.45) is 0. The molecule has 3 N–H and O–H groups in total. The Hall–Kier alpha value is -3.53. The molecule has 2 amide bonds. The molecule has 134 valence electrons. The number of aryl methyl sites for hydroxylation is 1. The number of carbonyl (C=O) groups excluding carboxylic acids is 1. The second kappa shape index (κ2) is 7.00. The van der Waals surface area contributed by atoms with E-state index in [1.165, 1.54) is 5.39 Å². The van der Waals surface area contributed by atoms with Crippen LogP contribution >= 0.6 is 0 Å². The van der Waals surface area contributed by atoms with Gasteiger partial charge >= 0.3 is 6.03 Å². The van der Waals surface area contributed by atoms with Crippen LogP contribution in [0.3, 0.4) is 0 Å². The van der Waals surface area contributed by atoms with E-state index in [1.807, 2.05) is 68.4 Å². The summed E-state index contributed by atoms with van der Waals surface area (Å²) in [6, 6.07) is 23.8. The Kier molecular flexibility index (Phi) is 4.38. The van der Waals surface area contributed by atoms with Crippen molar-refractivity contribution in [2.45, 2.75) is 13.8 Å². The third-order valence-corrected chi connectivity index (χ3v) is 4.84. The minimum atomic E-state index is -0.248. The van der Waals surface area contributed by atoms with Gasteiger partial charge in [-0.2, -0.15) is 0 Å². The summed E-state index contributed by atoms with van der Waals surface area (Å²) < 4.78 is 0. The minimum Gasteiger partial charge on any atom is -0.355 e. The minimum absolute atomic E-state index is 0.248. The Morgan fingerprint density at radius 1 is 0.852 bits per heavy atom. The predicted octanol–water partition coefficient (Wildman–Crippen LogP) is 6.10. The maximum Gasteiger partial charge on any atom is 0.323 e. The largest absolute Gasteiger partial charge is 0.355 e. The molecule has 0 spiro atoms. The zero-order valence-electron chi connectivity index (χ0n) is 15.3. The first-order valence-corrected chi connectivity index (χ1v) is 8.92. The Morgan fingerprint density at radius 2 is 1.63 bits per heavy atom. The fourth-order valence-corrected chi connectivity index (χ4v) is 3.13. The second-order valence-corrected chi connectivity index (χ2v) is 6.67. The van der Waals surface area contributed by atoms with Crippen LogP contribution in [-0.4, -0.2) is 11.0 Å². The van der Waals surface area contributed by atoms with Gasteiger partial charge in [-0.3, -0.25) is 0 Å². The number of H-pyrrole nitrogens is 1. The molecular weight excluding hydrogens is 334 g/mol. The van der Waals surface area contributed by atoms with Crippen molar-refractivity contribution in [2.75, 3.05) is 10.6 Å². The molecule has 4 nitrogen and oxygen atoms in total. The van der Waals surface area contributed by atoms with Gasteiger partial charge in [-0.25, -0.2) is 4.79 Å². The highest BCUT2D eigenvalue weighted by Crippen LogP contribution is 2.25. The summed E-state index contributed by atoms with van der Waals surface area (Å²) in [6.45, 7) is 4.03. The number of nitrogens with one attached hydrogen (secondary N) is 3. The molecule has 0 radical (unpaired) electrons. The number of fused-ring (bicyclic) bond motifs is 1. The Bertz CT molecular complexity index is 1080. The monoisotopic (exact) mass is 355 g/mol. The maximum atomic E-state index is 12.3. The molecule has 1 heterocycles. The molecule has 0 aliphatic heterocycles. The molecule has 4 rings (SSSR count). The van der Waals surface area contributed by atoms with Crippen LogP contribution in [-0.2, 0) is 0 Å². The van der Waals surface area contributed by atoms with Crippen LogP contribution in [0.1, 0.15) is 11.1 Å². The van der Waals surface area contributed by atoms with Gasteiger partial charge in [0.05, 0.1) is 0 Å². The third kappa shape index (κ3) is 3.55. The van der Waals surface area contributed by atoms with Crippen molar-refractivity contribution in [3.63, 3.8) is 0 Å². The van der Waals surface area contributed by atoms with E-state index >= 15 is 0 Å². The summed E-state index contributed by atoms with van der Waals surface area (Å²) in [4.78, 5) is 15.7. The number of rotatable bonds is 3. The number of carbonyl (C=O) groups is 1. The average molecular weight is 355 g/mol. The van der Waals surface area contributed by atoms with E-state index in [4.69, 9.17) is 0 Å². The highest BCUT2D eigenvalue weighted by atomic mass is 16.2. The smallest absolute Gasteiger partial charge is 0.323 e. The molecule has 27 heavy (non-hydrogen) atoms. The van der Waals surface area contributed by atoms with Crippen LogP contribution in [0.5, 0.6) is 0 Å². The number of aromatic nitrogens is 1. The van der Waals surface area contributed by atoms with Gasteiger partial charge in [0.25, 0.3) is 0 Å². The zero-order chi connectivity index (χ0) is 18.8. The van der Waals surface area contributed by atoms with Crippen LogP contribution in [0.2, 0.25) is 0 Å². The summed E-state index contributed by atoms with van der Waals surface area (Å²) >= 11 is 0. The van der Waals surface area contributed by atoms with E-state index in [-0.39, 0.29) is 6.03 Å². The quantitative estimate of drug-likeness (QED) is 0.409. The van der Waals surface area contributed by atoms with Gasteiger partial charge < -0.3 is 15.6 Å². The standard InChI is InChI=1S/C23H21N3O/c1-15-6-5-9-20(16(15)2)26-23(27)24-19-12-10-17(11-13-19)22-14-18-7-3-4-8-21(18)25-22/h3-14,25H,1-2H3,(H2,24,26,27). The molecule has 0 saturated carbocycles. The van der Waals surface area contributed by atoms with E-state index in [0.29, 0.717) is 0 Å². The highest BCUT2D eigenvalue weighted by molar-refractivity contribution is 6.00. The summed E-state index contributed by atoms with van der Waals surface area (Å²) in [5.74, 6) is 0. The van der Waals surface area contributed by atoms with Gasteiger partial charge in [0.2, 0.25) is 0 Å². The number of benzene rings is 3. The van der Waals surface area contributed by atoms with Crippen LogP contribution in [0.25, 0.3) is 22.2 Å². The normalized spacial score (nSPS) is 10.7. The molecule has 0 aliphatic carbocycles. The lowest BCUT2D eigenvalue weighted by Crippen LogP contribution is -2.20. The van der Waals surface area contributed by atoms with Crippen molar-refractivity contribution in [1.82, 2.24) is 4.98 Å². The lowest BCUT2D eigenvalue weighted by molar-refractivity contribution is 0.262. The van der Waals surface area contributed by atoms with Crippen LogP contribution in [0.15, 0.2) is 72.8 Å². The molecular formula is C23H21N3O. The van der Waals surface area contributed by atoms with Crippen molar-refractivity contribution >= 4 is 28.3 Å².